The summed E-state index contributed by atoms with van der Waals surface area (Å²) in [5.74, 6) is 0.523. The monoisotopic (exact) mass is 411 g/mol. The van der Waals surface area contributed by atoms with Crippen molar-refractivity contribution < 1.29 is 4.79 Å². The van der Waals surface area contributed by atoms with Gasteiger partial charge in [0.2, 0.25) is 0 Å². The van der Waals surface area contributed by atoms with Crippen LogP contribution in [0.25, 0.3) is 5.82 Å². The summed E-state index contributed by atoms with van der Waals surface area (Å²) in [6, 6.07) is 13.4. The minimum absolute atomic E-state index is 0.00575. The number of likely N-dealkylation sites (N-methyl/N-ethyl adjacent to an activating group) is 1. The highest BCUT2D eigenvalue weighted by molar-refractivity contribution is 6.31. The number of nitrogens with one attached hydrogen (secondary N) is 1. The normalized spacial score (nSPS) is 12.2. The van der Waals surface area contributed by atoms with Gasteiger partial charge in [0.15, 0.2) is 5.82 Å². The Bertz CT molecular complexity index is 953. The van der Waals surface area contributed by atoms with Gasteiger partial charge in [-0.2, -0.15) is 5.10 Å². The van der Waals surface area contributed by atoms with E-state index in [4.69, 9.17) is 11.6 Å². The van der Waals surface area contributed by atoms with Crippen LogP contribution < -0.4 is 5.32 Å². The third-order valence-corrected chi connectivity index (χ3v) is 5.44. The smallest absolute Gasteiger partial charge is 0.254 e. The first-order valence-electron chi connectivity index (χ1n) is 9.79. The fourth-order valence-corrected chi connectivity index (χ4v) is 3.73. The standard InChI is InChI=1S/C22H26ClN5O/c1-4-27(5-2)20(17-10-6-7-11-19(17)23)15-25-22(29)18-14-26-28(16(18)3)21-12-8-9-13-24-21/h6-14,20H,4-5,15H2,1-3H3,(H,25,29). The van der Waals surface area contributed by atoms with Crippen LogP contribution in [0.15, 0.2) is 54.9 Å². The van der Waals surface area contributed by atoms with Crippen molar-refractivity contribution in [2.75, 3.05) is 19.6 Å². The van der Waals surface area contributed by atoms with E-state index >= 15 is 0 Å². The fraction of sp³-hybridized carbons (Fsp3) is 0.318. The molecule has 0 aliphatic heterocycles. The van der Waals surface area contributed by atoms with Crippen LogP contribution in [0, 0.1) is 6.92 Å². The van der Waals surface area contributed by atoms with Crippen molar-refractivity contribution in [3.8, 4) is 5.82 Å². The van der Waals surface area contributed by atoms with Crippen LogP contribution in [0.4, 0.5) is 0 Å². The second-order valence-corrected chi connectivity index (χ2v) is 7.12. The number of rotatable bonds is 8. The van der Waals surface area contributed by atoms with Gasteiger partial charge in [0.25, 0.3) is 5.91 Å². The predicted octanol–water partition coefficient (Wildman–Crippen LogP) is 4.04. The molecule has 1 atom stereocenters. The van der Waals surface area contributed by atoms with Gasteiger partial charge in [0.1, 0.15) is 0 Å². The molecular weight excluding hydrogens is 386 g/mol. The molecule has 0 bridgehead atoms. The maximum Gasteiger partial charge on any atom is 0.254 e. The average Bonchev–Trinajstić information content (AvgIpc) is 3.13. The van der Waals surface area contributed by atoms with E-state index in [9.17, 15) is 4.79 Å². The molecule has 0 saturated carbocycles. The van der Waals surface area contributed by atoms with Gasteiger partial charge in [-0.15, -0.1) is 0 Å². The van der Waals surface area contributed by atoms with Crippen LogP contribution in [-0.4, -0.2) is 45.2 Å². The number of aromatic nitrogens is 3. The number of halogens is 1. The van der Waals surface area contributed by atoms with Crippen molar-refractivity contribution in [3.63, 3.8) is 0 Å². The third-order valence-electron chi connectivity index (χ3n) is 5.09. The number of carbonyl (C=O) groups excluding carboxylic acids is 1. The van der Waals surface area contributed by atoms with E-state index in [1.807, 2.05) is 49.4 Å². The zero-order chi connectivity index (χ0) is 20.8. The van der Waals surface area contributed by atoms with Gasteiger partial charge >= 0.3 is 0 Å². The van der Waals surface area contributed by atoms with Gasteiger partial charge in [-0.3, -0.25) is 9.69 Å². The lowest BCUT2D eigenvalue weighted by molar-refractivity contribution is 0.0934. The van der Waals surface area contributed by atoms with E-state index in [0.717, 1.165) is 24.3 Å². The summed E-state index contributed by atoms with van der Waals surface area (Å²) in [7, 11) is 0. The van der Waals surface area contributed by atoms with Gasteiger partial charge in [-0.05, 0) is 43.8 Å². The number of carbonyl (C=O) groups is 1. The summed E-state index contributed by atoms with van der Waals surface area (Å²) >= 11 is 6.45. The Hall–Kier alpha value is -2.70. The molecular formula is C22H26ClN5O. The summed E-state index contributed by atoms with van der Waals surface area (Å²) in [6.07, 6.45) is 3.29. The van der Waals surface area contributed by atoms with Crippen LogP contribution in [0.2, 0.25) is 5.02 Å². The van der Waals surface area contributed by atoms with Crippen LogP contribution >= 0.6 is 11.6 Å². The van der Waals surface area contributed by atoms with E-state index in [0.29, 0.717) is 22.9 Å². The Morgan fingerprint density at radius 3 is 2.55 bits per heavy atom. The minimum atomic E-state index is -0.158. The quantitative estimate of drug-likeness (QED) is 0.607. The van der Waals surface area contributed by atoms with Crippen molar-refractivity contribution in [2.45, 2.75) is 26.8 Å². The molecule has 0 spiro atoms. The highest BCUT2D eigenvalue weighted by Gasteiger charge is 2.22. The lowest BCUT2D eigenvalue weighted by atomic mass is 10.0. The maximum atomic E-state index is 12.9. The van der Waals surface area contributed by atoms with E-state index in [1.165, 1.54) is 0 Å². The Kier molecular flexibility index (Phi) is 7.01. The molecule has 1 amide bonds. The Labute approximate surface area is 176 Å². The summed E-state index contributed by atoms with van der Waals surface area (Å²) < 4.78 is 1.67. The summed E-state index contributed by atoms with van der Waals surface area (Å²) in [5.41, 5.74) is 2.30. The van der Waals surface area contributed by atoms with Gasteiger partial charge in [0, 0.05) is 17.8 Å². The number of amides is 1. The molecule has 0 radical (unpaired) electrons. The topological polar surface area (TPSA) is 63.1 Å². The van der Waals surface area contributed by atoms with Crippen molar-refractivity contribution in [3.05, 3.63) is 76.7 Å². The van der Waals surface area contributed by atoms with Crippen molar-refractivity contribution in [2.24, 2.45) is 0 Å². The molecule has 0 aliphatic rings. The molecule has 2 aromatic heterocycles. The maximum absolute atomic E-state index is 12.9. The molecule has 0 fully saturated rings. The number of pyridine rings is 1. The molecule has 1 unspecified atom stereocenters. The number of hydrogen-bond donors (Lipinski definition) is 1. The zero-order valence-corrected chi connectivity index (χ0v) is 17.7. The third kappa shape index (κ3) is 4.66. The van der Waals surface area contributed by atoms with Crippen LogP contribution in [-0.2, 0) is 0 Å². The van der Waals surface area contributed by atoms with Crippen LogP contribution in [0.5, 0.6) is 0 Å². The van der Waals surface area contributed by atoms with Crippen LogP contribution in [0.3, 0.4) is 0 Å². The van der Waals surface area contributed by atoms with Crippen molar-refractivity contribution in [1.29, 1.82) is 0 Å². The van der Waals surface area contributed by atoms with Gasteiger partial charge < -0.3 is 5.32 Å². The molecule has 7 heteroatoms. The largest absolute Gasteiger partial charge is 0.350 e. The Balaban J connectivity index is 1.79. The fourth-order valence-electron chi connectivity index (χ4n) is 3.47. The Morgan fingerprint density at radius 2 is 1.90 bits per heavy atom. The Morgan fingerprint density at radius 1 is 1.17 bits per heavy atom. The second-order valence-electron chi connectivity index (χ2n) is 6.71. The molecule has 1 aromatic carbocycles. The van der Waals surface area contributed by atoms with E-state index in [1.54, 1.807) is 17.1 Å². The highest BCUT2D eigenvalue weighted by atomic mass is 35.5. The lowest BCUT2D eigenvalue weighted by Crippen LogP contribution is -2.38. The molecule has 1 N–H and O–H groups in total. The van der Waals surface area contributed by atoms with Crippen molar-refractivity contribution in [1.82, 2.24) is 25.0 Å². The first kappa shape index (κ1) is 21.0. The molecule has 3 aromatic rings. The molecule has 6 nitrogen and oxygen atoms in total. The highest BCUT2D eigenvalue weighted by Crippen LogP contribution is 2.27. The molecule has 3 rings (SSSR count). The first-order valence-corrected chi connectivity index (χ1v) is 10.2. The van der Waals surface area contributed by atoms with Gasteiger partial charge in [0.05, 0.1) is 23.5 Å². The summed E-state index contributed by atoms with van der Waals surface area (Å²) in [4.78, 5) is 19.5. The average molecular weight is 412 g/mol. The molecule has 0 saturated heterocycles. The zero-order valence-electron chi connectivity index (χ0n) is 17.0. The predicted molar refractivity (Wildman–Crippen MR) is 116 cm³/mol. The summed E-state index contributed by atoms with van der Waals surface area (Å²) in [5, 5.41) is 8.11. The van der Waals surface area contributed by atoms with Gasteiger partial charge in [-0.1, -0.05) is 49.7 Å². The lowest BCUT2D eigenvalue weighted by Gasteiger charge is -2.30. The molecule has 0 aliphatic carbocycles. The second kappa shape index (κ2) is 9.67. The molecule has 2 heterocycles. The summed E-state index contributed by atoms with van der Waals surface area (Å²) in [6.45, 7) is 8.26. The van der Waals surface area contributed by atoms with E-state index in [2.05, 4.69) is 34.1 Å². The van der Waals surface area contributed by atoms with Crippen molar-refractivity contribution >= 4 is 17.5 Å². The van der Waals surface area contributed by atoms with Crippen LogP contribution in [0.1, 0.15) is 41.5 Å². The van der Waals surface area contributed by atoms with Gasteiger partial charge in [-0.25, -0.2) is 9.67 Å². The minimum Gasteiger partial charge on any atom is -0.350 e. The molecule has 29 heavy (non-hydrogen) atoms. The number of benzene rings is 1. The first-order chi connectivity index (χ1) is 14.1. The van der Waals surface area contributed by atoms with E-state index in [-0.39, 0.29) is 11.9 Å². The SMILES string of the molecule is CCN(CC)C(CNC(=O)c1cnn(-c2ccccn2)c1C)c1ccccc1Cl. The molecule has 152 valence electrons. The number of nitrogens with zero attached hydrogens (tertiary/aromatic N) is 4. The van der Waals surface area contributed by atoms with E-state index < -0.39 is 0 Å². The number of hydrogen-bond acceptors (Lipinski definition) is 4.